The standard InChI is InChI=1S/C19H16ClN5O4S/c1-11-15-9-16(30-18(15)24(22-11)14-5-3-13(20)4-6-14)19(26)29-8-7-23-12(2)21-10-17(23)25(27)28/h3-6,9-10H,7-8H2,1-2H3. The smallest absolute Gasteiger partial charge is 0.348 e. The van der Waals surface area contributed by atoms with E-state index in [1.165, 1.54) is 22.1 Å². The number of esters is 1. The number of aryl methyl sites for hydroxylation is 2. The van der Waals surface area contributed by atoms with Gasteiger partial charge in [0.2, 0.25) is 0 Å². The Bertz CT molecular complexity index is 1260. The molecule has 0 fully saturated rings. The van der Waals surface area contributed by atoms with Crippen LogP contribution in [0.1, 0.15) is 21.2 Å². The maximum atomic E-state index is 12.5. The van der Waals surface area contributed by atoms with Crippen LogP contribution in [0.5, 0.6) is 0 Å². The summed E-state index contributed by atoms with van der Waals surface area (Å²) in [7, 11) is 0. The lowest BCUT2D eigenvalue weighted by molar-refractivity contribution is -0.392. The Labute approximate surface area is 179 Å². The topological polar surface area (TPSA) is 105 Å². The minimum Gasteiger partial charge on any atom is -0.457 e. The van der Waals surface area contributed by atoms with Crippen molar-refractivity contribution in [3.05, 3.63) is 68.1 Å². The molecule has 9 nitrogen and oxygen atoms in total. The second-order valence-electron chi connectivity index (χ2n) is 6.51. The quantitative estimate of drug-likeness (QED) is 0.248. The average molecular weight is 446 g/mol. The minimum atomic E-state index is -0.515. The van der Waals surface area contributed by atoms with Gasteiger partial charge in [-0.2, -0.15) is 5.10 Å². The van der Waals surface area contributed by atoms with Gasteiger partial charge < -0.3 is 14.9 Å². The van der Waals surface area contributed by atoms with Crippen LogP contribution < -0.4 is 0 Å². The maximum Gasteiger partial charge on any atom is 0.348 e. The Morgan fingerprint density at radius 1 is 1.30 bits per heavy atom. The van der Waals surface area contributed by atoms with E-state index < -0.39 is 10.9 Å². The molecule has 154 valence electrons. The Kier molecular flexibility index (Phi) is 5.27. The lowest BCUT2D eigenvalue weighted by Gasteiger charge is -2.04. The van der Waals surface area contributed by atoms with E-state index in [1.807, 2.05) is 19.1 Å². The number of benzene rings is 1. The number of nitrogens with zero attached hydrogens (tertiary/aromatic N) is 5. The summed E-state index contributed by atoms with van der Waals surface area (Å²) in [5.41, 5.74) is 1.63. The van der Waals surface area contributed by atoms with Gasteiger partial charge in [0.1, 0.15) is 29.1 Å². The van der Waals surface area contributed by atoms with Crippen molar-refractivity contribution in [1.82, 2.24) is 19.3 Å². The first-order valence-electron chi connectivity index (χ1n) is 8.94. The van der Waals surface area contributed by atoms with E-state index in [0.29, 0.717) is 15.7 Å². The molecule has 4 aromatic rings. The summed E-state index contributed by atoms with van der Waals surface area (Å²) in [5.74, 6) is -0.138. The predicted octanol–water partition coefficient (Wildman–Crippen LogP) is 4.32. The van der Waals surface area contributed by atoms with Crippen LogP contribution in [0.4, 0.5) is 5.82 Å². The molecule has 0 bridgehead atoms. The molecule has 0 aliphatic rings. The third-order valence-corrected chi connectivity index (χ3v) is 5.93. The summed E-state index contributed by atoms with van der Waals surface area (Å²) in [6.07, 6.45) is 1.19. The van der Waals surface area contributed by atoms with Crippen LogP contribution in [0.2, 0.25) is 5.02 Å². The van der Waals surface area contributed by atoms with Crippen molar-refractivity contribution >= 4 is 44.9 Å². The van der Waals surface area contributed by atoms with Gasteiger partial charge in [0.15, 0.2) is 5.82 Å². The molecular weight excluding hydrogens is 430 g/mol. The summed E-state index contributed by atoms with van der Waals surface area (Å²) >= 11 is 7.24. The summed E-state index contributed by atoms with van der Waals surface area (Å²) in [6.45, 7) is 3.67. The second-order valence-corrected chi connectivity index (χ2v) is 7.98. The molecule has 0 aliphatic heterocycles. The van der Waals surface area contributed by atoms with Gasteiger partial charge >= 0.3 is 11.8 Å². The van der Waals surface area contributed by atoms with Gasteiger partial charge in [-0.1, -0.05) is 11.6 Å². The molecule has 3 heterocycles. The Morgan fingerprint density at radius 2 is 2.03 bits per heavy atom. The van der Waals surface area contributed by atoms with E-state index in [0.717, 1.165) is 21.6 Å². The summed E-state index contributed by atoms with van der Waals surface area (Å²) < 4.78 is 8.51. The van der Waals surface area contributed by atoms with Gasteiger partial charge in [-0.05, 0) is 42.2 Å². The van der Waals surface area contributed by atoms with Crippen LogP contribution in [-0.4, -0.2) is 36.8 Å². The highest BCUT2D eigenvalue weighted by Crippen LogP contribution is 2.31. The summed E-state index contributed by atoms with van der Waals surface area (Å²) in [6, 6.07) is 9.01. The number of fused-ring (bicyclic) bond motifs is 1. The molecule has 11 heteroatoms. The van der Waals surface area contributed by atoms with Crippen LogP contribution in [-0.2, 0) is 11.3 Å². The molecule has 0 radical (unpaired) electrons. The van der Waals surface area contributed by atoms with Gasteiger partial charge in [0.25, 0.3) is 0 Å². The first-order chi connectivity index (χ1) is 14.3. The summed E-state index contributed by atoms with van der Waals surface area (Å²) in [5, 5.41) is 17.1. The largest absolute Gasteiger partial charge is 0.457 e. The molecule has 0 saturated heterocycles. The Morgan fingerprint density at radius 3 is 2.73 bits per heavy atom. The number of aromatic nitrogens is 4. The number of ether oxygens (including phenoxy) is 1. The van der Waals surface area contributed by atoms with E-state index in [-0.39, 0.29) is 19.0 Å². The van der Waals surface area contributed by atoms with Crippen LogP contribution >= 0.6 is 22.9 Å². The van der Waals surface area contributed by atoms with E-state index in [2.05, 4.69) is 10.1 Å². The molecule has 0 spiro atoms. The molecule has 0 aliphatic carbocycles. The third kappa shape index (κ3) is 3.66. The number of nitro groups is 1. The Hall–Kier alpha value is -3.24. The fraction of sp³-hybridized carbons (Fsp3) is 0.211. The van der Waals surface area contributed by atoms with Gasteiger partial charge in [0.05, 0.1) is 11.4 Å². The van der Waals surface area contributed by atoms with Crippen molar-refractivity contribution in [2.24, 2.45) is 0 Å². The summed E-state index contributed by atoms with van der Waals surface area (Å²) in [4.78, 5) is 28.3. The molecule has 4 rings (SSSR count). The fourth-order valence-corrected chi connectivity index (χ4v) is 4.29. The number of rotatable bonds is 6. The second kappa shape index (κ2) is 7.88. The van der Waals surface area contributed by atoms with E-state index >= 15 is 0 Å². The number of carbonyl (C=O) groups excluding carboxylic acids is 1. The highest BCUT2D eigenvalue weighted by molar-refractivity contribution is 7.20. The van der Waals surface area contributed by atoms with Gasteiger partial charge in [-0.3, -0.25) is 0 Å². The van der Waals surface area contributed by atoms with E-state index in [1.54, 1.807) is 29.8 Å². The molecular formula is C19H16ClN5O4S. The van der Waals surface area contributed by atoms with E-state index in [9.17, 15) is 14.9 Å². The van der Waals surface area contributed by atoms with E-state index in [4.69, 9.17) is 16.3 Å². The zero-order valence-electron chi connectivity index (χ0n) is 16.0. The van der Waals surface area contributed by atoms with Crippen LogP contribution in [0, 0.1) is 24.0 Å². The first kappa shape index (κ1) is 20.0. The van der Waals surface area contributed by atoms with Crippen molar-refractivity contribution in [2.45, 2.75) is 20.4 Å². The van der Waals surface area contributed by atoms with Crippen molar-refractivity contribution in [2.75, 3.05) is 6.61 Å². The number of thiophene rings is 1. The third-order valence-electron chi connectivity index (χ3n) is 4.59. The number of carbonyl (C=O) groups is 1. The zero-order chi connectivity index (χ0) is 21.4. The highest BCUT2D eigenvalue weighted by Gasteiger charge is 2.20. The first-order valence-corrected chi connectivity index (χ1v) is 10.1. The molecule has 1 aromatic carbocycles. The molecule has 30 heavy (non-hydrogen) atoms. The maximum absolute atomic E-state index is 12.5. The van der Waals surface area contributed by atoms with Gasteiger partial charge in [-0.15, -0.1) is 11.3 Å². The van der Waals surface area contributed by atoms with Crippen LogP contribution in [0.15, 0.2) is 36.5 Å². The molecule has 0 atom stereocenters. The number of hydrogen-bond acceptors (Lipinski definition) is 7. The SMILES string of the molecule is Cc1nn(-c2ccc(Cl)cc2)c2sc(C(=O)OCCn3c([N+](=O)[O-])cnc3C)cc12. The molecule has 0 amide bonds. The van der Waals surface area contributed by atoms with Crippen molar-refractivity contribution in [3.63, 3.8) is 0 Å². The molecule has 0 saturated carbocycles. The fourth-order valence-electron chi connectivity index (χ4n) is 3.08. The molecule has 0 unspecified atom stereocenters. The van der Waals surface area contributed by atoms with Gasteiger partial charge in [-0.25, -0.2) is 19.0 Å². The lowest BCUT2D eigenvalue weighted by Crippen LogP contribution is -2.13. The van der Waals surface area contributed by atoms with Crippen molar-refractivity contribution in [1.29, 1.82) is 0 Å². The highest BCUT2D eigenvalue weighted by atomic mass is 35.5. The average Bonchev–Trinajstić information content (AvgIpc) is 3.38. The molecule has 0 N–H and O–H groups in total. The van der Waals surface area contributed by atoms with Crippen molar-refractivity contribution in [3.8, 4) is 5.69 Å². The normalized spacial score (nSPS) is 11.2. The molecule has 3 aromatic heterocycles. The lowest BCUT2D eigenvalue weighted by atomic mass is 10.3. The Balaban J connectivity index is 1.52. The minimum absolute atomic E-state index is 0.00654. The van der Waals surface area contributed by atoms with Gasteiger partial charge in [0, 0.05) is 17.3 Å². The predicted molar refractivity (Wildman–Crippen MR) is 113 cm³/mol. The number of imidazole rings is 1. The van der Waals surface area contributed by atoms with Crippen molar-refractivity contribution < 1.29 is 14.5 Å². The number of halogens is 1. The van der Waals surface area contributed by atoms with Crippen LogP contribution in [0.3, 0.4) is 0 Å². The monoisotopic (exact) mass is 445 g/mol. The van der Waals surface area contributed by atoms with Crippen LogP contribution in [0.25, 0.3) is 15.9 Å². The zero-order valence-corrected chi connectivity index (χ0v) is 17.6. The number of hydrogen-bond donors (Lipinski definition) is 0.